The highest BCUT2D eigenvalue weighted by Gasteiger charge is 2.17. The lowest BCUT2D eigenvalue weighted by Crippen LogP contribution is -2.30. The summed E-state index contributed by atoms with van der Waals surface area (Å²) in [6.45, 7) is 4.03. The Balaban J connectivity index is 1.64. The zero-order valence-corrected chi connectivity index (χ0v) is 15.8. The summed E-state index contributed by atoms with van der Waals surface area (Å²) >= 11 is 0. The maximum absolute atomic E-state index is 12.4. The number of carbonyl (C=O) groups is 1. The lowest BCUT2D eigenvalue weighted by atomic mass is 10.0. The fraction of sp³-hybridized carbons (Fsp3) is 0.208. The van der Waals surface area contributed by atoms with Crippen LogP contribution >= 0.6 is 0 Å². The average Bonchev–Trinajstić information content (AvgIpc) is 2.70. The van der Waals surface area contributed by atoms with Crippen LogP contribution in [0.25, 0.3) is 0 Å². The molecule has 3 aromatic carbocycles. The Kier molecular flexibility index (Phi) is 6.39. The highest BCUT2D eigenvalue weighted by molar-refractivity contribution is 5.77. The predicted molar refractivity (Wildman–Crippen MR) is 108 cm³/mol. The van der Waals surface area contributed by atoms with Crippen LogP contribution < -0.4 is 5.32 Å². The van der Waals surface area contributed by atoms with Crippen LogP contribution in [0.15, 0.2) is 84.9 Å². The Morgan fingerprint density at radius 1 is 0.815 bits per heavy atom. The molecule has 0 aliphatic carbocycles. The summed E-state index contributed by atoms with van der Waals surface area (Å²) in [5.74, 6) is -0.125. The van der Waals surface area contributed by atoms with Crippen LogP contribution in [0.4, 0.5) is 0 Å². The van der Waals surface area contributed by atoms with Crippen LogP contribution in [0.5, 0.6) is 0 Å². The topological polar surface area (TPSA) is 38.3 Å². The molecule has 0 aliphatic rings. The van der Waals surface area contributed by atoms with Gasteiger partial charge < -0.3 is 10.1 Å². The number of rotatable bonds is 7. The van der Waals surface area contributed by atoms with E-state index in [1.54, 1.807) is 0 Å². The lowest BCUT2D eigenvalue weighted by Gasteiger charge is -2.20. The summed E-state index contributed by atoms with van der Waals surface area (Å²) in [5, 5.41) is 3.01. The molecule has 0 saturated carbocycles. The van der Waals surface area contributed by atoms with Crippen molar-refractivity contribution in [2.24, 2.45) is 0 Å². The summed E-state index contributed by atoms with van der Waals surface area (Å²) in [6, 6.07) is 28.1. The van der Waals surface area contributed by atoms with Crippen molar-refractivity contribution in [3.63, 3.8) is 0 Å². The van der Waals surface area contributed by atoms with Crippen molar-refractivity contribution in [2.45, 2.75) is 26.0 Å². The summed E-state index contributed by atoms with van der Waals surface area (Å²) in [5.41, 5.74) is 4.34. The van der Waals surface area contributed by atoms with E-state index in [4.69, 9.17) is 4.74 Å². The Morgan fingerprint density at radius 2 is 1.33 bits per heavy atom. The molecule has 1 N–H and O–H groups in total. The smallest absolute Gasteiger partial charge is 0.246 e. The molecule has 3 heteroatoms. The van der Waals surface area contributed by atoms with Gasteiger partial charge in [-0.05, 0) is 30.5 Å². The Hall–Kier alpha value is -2.91. The molecule has 3 aromatic rings. The van der Waals surface area contributed by atoms with Crippen LogP contribution in [0.1, 0.15) is 41.3 Å². The SMILES string of the molecule is Cc1ccc(C(C)NC(=O)COC(c2ccccc2)c2ccccc2)cc1. The van der Waals surface area contributed by atoms with Crippen LogP contribution in [0.2, 0.25) is 0 Å². The minimum atomic E-state index is -0.271. The van der Waals surface area contributed by atoms with Crippen molar-refractivity contribution in [3.05, 3.63) is 107 Å². The second kappa shape index (κ2) is 9.15. The highest BCUT2D eigenvalue weighted by atomic mass is 16.5. The zero-order chi connectivity index (χ0) is 19.1. The number of hydrogen-bond acceptors (Lipinski definition) is 2. The van der Waals surface area contributed by atoms with Gasteiger partial charge in [0.25, 0.3) is 0 Å². The first kappa shape index (κ1) is 18.9. The van der Waals surface area contributed by atoms with Gasteiger partial charge in [0.05, 0.1) is 6.04 Å². The van der Waals surface area contributed by atoms with E-state index in [0.29, 0.717) is 0 Å². The quantitative estimate of drug-likeness (QED) is 0.646. The molecule has 0 aliphatic heterocycles. The van der Waals surface area contributed by atoms with Gasteiger partial charge in [-0.2, -0.15) is 0 Å². The molecule has 0 heterocycles. The van der Waals surface area contributed by atoms with Crippen LogP contribution in [-0.2, 0) is 9.53 Å². The molecule has 0 radical (unpaired) electrons. The molecule has 27 heavy (non-hydrogen) atoms. The maximum atomic E-state index is 12.4. The first-order chi connectivity index (χ1) is 13.1. The summed E-state index contributed by atoms with van der Waals surface area (Å²) in [4.78, 5) is 12.4. The second-order valence-corrected chi connectivity index (χ2v) is 6.71. The number of hydrogen-bond donors (Lipinski definition) is 1. The van der Waals surface area contributed by atoms with Gasteiger partial charge in [0.15, 0.2) is 0 Å². The van der Waals surface area contributed by atoms with Crippen LogP contribution in [-0.4, -0.2) is 12.5 Å². The second-order valence-electron chi connectivity index (χ2n) is 6.71. The Morgan fingerprint density at radius 3 is 1.85 bits per heavy atom. The minimum absolute atomic E-state index is 0.00462. The van der Waals surface area contributed by atoms with Crippen molar-refractivity contribution in [3.8, 4) is 0 Å². The van der Waals surface area contributed by atoms with Gasteiger partial charge >= 0.3 is 0 Å². The molecule has 0 bridgehead atoms. The molecule has 1 amide bonds. The minimum Gasteiger partial charge on any atom is -0.359 e. The van der Waals surface area contributed by atoms with Crippen molar-refractivity contribution in [1.29, 1.82) is 0 Å². The van der Waals surface area contributed by atoms with E-state index < -0.39 is 0 Å². The van der Waals surface area contributed by atoms with E-state index in [1.165, 1.54) is 5.56 Å². The van der Waals surface area contributed by atoms with E-state index in [9.17, 15) is 4.79 Å². The van der Waals surface area contributed by atoms with Crippen molar-refractivity contribution in [2.75, 3.05) is 6.61 Å². The van der Waals surface area contributed by atoms with E-state index >= 15 is 0 Å². The van der Waals surface area contributed by atoms with Crippen molar-refractivity contribution >= 4 is 5.91 Å². The number of aryl methyl sites for hydroxylation is 1. The number of nitrogens with one attached hydrogen (secondary N) is 1. The fourth-order valence-corrected chi connectivity index (χ4v) is 3.02. The monoisotopic (exact) mass is 359 g/mol. The number of ether oxygens (including phenoxy) is 1. The van der Waals surface area contributed by atoms with Crippen molar-refractivity contribution < 1.29 is 9.53 Å². The first-order valence-electron chi connectivity index (χ1n) is 9.21. The average molecular weight is 359 g/mol. The standard InChI is InChI=1S/C24H25NO2/c1-18-13-15-20(16-14-18)19(2)25-23(26)17-27-24(21-9-5-3-6-10-21)22-11-7-4-8-12-22/h3-16,19,24H,17H2,1-2H3,(H,25,26). The molecule has 138 valence electrons. The third-order valence-electron chi connectivity index (χ3n) is 4.54. The van der Waals surface area contributed by atoms with Gasteiger partial charge in [-0.1, -0.05) is 90.5 Å². The molecule has 0 fully saturated rings. The molecular formula is C24H25NO2. The normalized spacial score (nSPS) is 12.0. The largest absolute Gasteiger partial charge is 0.359 e. The van der Waals surface area contributed by atoms with E-state index in [2.05, 4.69) is 17.4 Å². The van der Waals surface area contributed by atoms with Gasteiger partial charge in [-0.15, -0.1) is 0 Å². The third kappa shape index (κ3) is 5.28. The Labute approximate surface area is 161 Å². The molecule has 3 rings (SSSR count). The van der Waals surface area contributed by atoms with E-state index in [-0.39, 0.29) is 24.7 Å². The zero-order valence-electron chi connectivity index (χ0n) is 15.8. The highest BCUT2D eigenvalue weighted by Crippen LogP contribution is 2.25. The van der Waals surface area contributed by atoms with Crippen molar-refractivity contribution in [1.82, 2.24) is 5.32 Å². The van der Waals surface area contributed by atoms with Gasteiger partial charge in [0.1, 0.15) is 12.7 Å². The van der Waals surface area contributed by atoms with Gasteiger partial charge in [0.2, 0.25) is 5.91 Å². The van der Waals surface area contributed by atoms with E-state index in [0.717, 1.165) is 16.7 Å². The lowest BCUT2D eigenvalue weighted by molar-refractivity contribution is -0.127. The molecule has 0 aromatic heterocycles. The maximum Gasteiger partial charge on any atom is 0.246 e. The number of amides is 1. The fourth-order valence-electron chi connectivity index (χ4n) is 3.02. The number of benzene rings is 3. The first-order valence-corrected chi connectivity index (χ1v) is 9.21. The molecule has 3 nitrogen and oxygen atoms in total. The third-order valence-corrected chi connectivity index (χ3v) is 4.54. The molecule has 0 spiro atoms. The molecular weight excluding hydrogens is 334 g/mol. The van der Waals surface area contributed by atoms with E-state index in [1.807, 2.05) is 86.6 Å². The molecule has 1 atom stereocenters. The number of carbonyl (C=O) groups excluding carboxylic acids is 1. The van der Waals surface area contributed by atoms with Gasteiger partial charge in [-0.3, -0.25) is 4.79 Å². The molecule has 0 saturated heterocycles. The predicted octanol–water partition coefficient (Wildman–Crippen LogP) is 4.98. The summed E-state index contributed by atoms with van der Waals surface area (Å²) < 4.78 is 6.02. The van der Waals surface area contributed by atoms with Gasteiger partial charge in [0, 0.05) is 0 Å². The molecule has 1 unspecified atom stereocenters. The van der Waals surface area contributed by atoms with Gasteiger partial charge in [-0.25, -0.2) is 0 Å². The Bertz CT molecular complexity index is 805. The van der Waals surface area contributed by atoms with Crippen LogP contribution in [0.3, 0.4) is 0 Å². The van der Waals surface area contributed by atoms with Crippen LogP contribution in [0, 0.1) is 6.92 Å². The summed E-state index contributed by atoms with van der Waals surface area (Å²) in [6.07, 6.45) is -0.271. The summed E-state index contributed by atoms with van der Waals surface area (Å²) in [7, 11) is 0.